The summed E-state index contributed by atoms with van der Waals surface area (Å²) in [5, 5.41) is 0. The van der Waals surface area contributed by atoms with Crippen molar-refractivity contribution in [2.75, 3.05) is 13.9 Å². The zero-order chi connectivity index (χ0) is 23.3. The van der Waals surface area contributed by atoms with E-state index in [1.807, 2.05) is 0 Å². The number of carbonyl (C=O) groups is 1. The summed E-state index contributed by atoms with van der Waals surface area (Å²) in [5.41, 5.74) is -5.59. The number of carbonyl (C=O) groups excluding carboxylic acids is 1. The van der Waals surface area contributed by atoms with Crippen molar-refractivity contribution in [1.29, 1.82) is 0 Å². The molecule has 5 nitrogen and oxygen atoms in total. The highest BCUT2D eigenvalue weighted by atomic mass is 19.4. The molecular formula is C20H19F6NO4. The molecule has 0 spiro atoms. The lowest BCUT2D eigenvalue weighted by molar-refractivity contribution is -0.400. The third-order valence-corrected chi connectivity index (χ3v) is 4.28. The summed E-state index contributed by atoms with van der Waals surface area (Å²) >= 11 is 0. The van der Waals surface area contributed by atoms with Crippen molar-refractivity contribution in [3.63, 3.8) is 0 Å². The Kier molecular flexibility index (Phi) is 7.66. The minimum atomic E-state index is -5.82. The van der Waals surface area contributed by atoms with Gasteiger partial charge in [-0.05, 0) is 30.2 Å². The maximum atomic E-state index is 13.8. The molecule has 2 aromatic rings. The van der Waals surface area contributed by atoms with Crippen molar-refractivity contribution in [3.8, 4) is 11.5 Å². The smallest absolute Gasteiger partial charge is 0.430 e. The van der Waals surface area contributed by atoms with E-state index in [4.69, 9.17) is 4.74 Å². The van der Waals surface area contributed by atoms with Crippen molar-refractivity contribution in [2.45, 2.75) is 37.7 Å². The third-order valence-electron chi connectivity index (χ3n) is 4.28. The van der Waals surface area contributed by atoms with Gasteiger partial charge in [0.1, 0.15) is 24.0 Å². The van der Waals surface area contributed by atoms with E-state index in [1.165, 1.54) is 18.3 Å². The highest BCUT2D eigenvalue weighted by Gasteiger charge is 2.73. The van der Waals surface area contributed by atoms with Gasteiger partial charge >= 0.3 is 12.4 Å². The van der Waals surface area contributed by atoms with Crippen LogP contribution in [0.25, 0.3) is 0 Å². The molecular weight excluding hydrogens is 432 g/mol. The molecule has 2 rings (SSSR count). The molecule has 31 heavy (non-hydrogen) atoms. The second-order valence-electron chi connectivity index (χ2n) is 6.44. The molecule has 0 unspecified atom stereocenters. The van der Waals surface area contributed by atoms with Gasteiger partial charge in [0.15, 0.2) is 6.29 Å². The Morgan fingerprint density at radius 2 is 1.71 bits per heavy atom. The molecule has 1 aromatic carbocycles. The third kappa shape index (κ3) is 5.16. The number of aryl methyl sites for hydroxylation is 1. The van der Waals surface area contributed by atoms with Gasteiger partial charge in [0.05, 0.1) is 0 Å². The average molecular weight is 451 g/mol. The molecule has 1 aromatic heterocycles. The molecule has 11 heteroatoms. The molecule has 170 valence electrons. The van der Waals surface area contributed by atoms with Gasteiger partial charge in [0.2, 0.25) is 0 Å². The first-order valence-electron chi connectivity index (χ1n) is 8.99. The number of hydrogen-bond acceptors (Lipinski definition) is 5. The SMILES string of the molecule is CCCc1cc(C(OCOC)(C(F)(F)F)C(F)(F)F)ccc1Oc1ccnc(C=O)c1. The van der Waals surface area contributed by atoms with E-state index in [0.717, 1.165) is 19.2 Å². The van der Waals surface area contributed by atoms with E-state index < -0.39 is 30.3 Å². The molecule has 0 saturated carbocycles. The first-order valence-corrected chi connectivity index (χ1v) is 8.99. The summed E-state index contributed by atoms with van der Waals surface area (Å²) in [6, 6.07) is 5.09. The minimum absolute atomic E-state index is 0.0404. The van der Waals surface area contributed by atoms with Gasteiger partial charge < -0.3 is 14.2 Å². The number of halogens is 6. The fraction of sp³-hybridized carbons (Fsp3) is 0.400. The number of nitrogens with zero attached hydrogens (tertiary/aromatic N) is 1. The number of pyridine rings is 1. The molecule has 0 radical (unpaired) electrons. The van der Waals surface area contributed by atoms with Crippen LogP contribution in [0.5, 0.6) is 11.5 Å². The fourth-order valence-electron chi connectivity index (χ4n) is 2.93. The molecule has 0 bridgehead atoms. The van der Waals surface area contributed by atoms with Crippen molar-refractivity contribution in [1.82, 2.24) is 4.98 Å². The summed E-state index contributed by atoms with van der Waals surface area (Å²) in [5.74, 6) is 0.189. The Balaban J connectivity index is 2.61. The fourth-order valence-corrected chi connectivity index (χ4v) is 2.93. The average Bonchev–Trinajstić information content (AvgIpc) is 2.68. The lowest BCUT2D eigenvalue weighted by Gasteiger charge is -2.37. The van der Waals surface area contributed by atoms with E-state index in [2.05, 4.69) is 14.5 Å². The number of ether oxygens (including phenoxy) is 3. The molecule has 0 N–H and O–H groups in total. The lowest BCUT2D eigenvalue weighted by atomic mass is 9.89. The second kappa shape index (κ2) is 9.65. The molecule has 0 aliphatic carbocycles. The van der Waals surface area contributed by atoms with Crippen LogP contribution < -0.4 is 4.74 Å². The number of aromatic nitrogens is 1. The zero-order valence-electron chi connectivity index (χ0n) is 16.5. The van der Waals surface area contributed by atoms with Crippen molar-refractivity contribution >= 4 is 6.29 Å². The number of methoxy groups -OCH3 is 1. The van der Waals surface area contributed by atoms with E-state index in [-0.39, 0.29) is 29.2 Å². The van der Waals surface area contributed by atoms with Gasteiger partial charge in [-0.25, -0.2) is 0 Å². The van der Waals surface area contributed by atoms with Gasteiger partial charge in [-0.2, -0.15) is 26.3 Å². The monoisotopic (exact) mass is 451 g/mol. The Hall–Kier alpha value is -2.66. The standard InChI is InChI=1S/C20H19F6NO4/c1-3-4-13-9-14(18(19(21,22)23,20(24,25)26)30-12-29-2)5-6-17(13)31-16-7-8-27-15(10-16)11-28/h5-11H,3-4,12H2,1-2H3. The molecule has 0 saturated heterocycles. The first-order chi connectivity index (χ1) is 14.5. The normalized spacial score (nSPS) is 12.6. The summed E-state index contributed by atoms with van der Waals surface area (Å²) < 4.78 is 96.7. The van der Waals surface area contributed by atoms with E-state index in [1.54, 1.807) is 6.92 Å². The molecule has 0 aliphatic heterocycles. The molecule has 0 amide bonds. The maximum Gasteiger partial charge on any atom is 0.430 e. The number of aldehydes is 1. The van der Waals surface area contributed by atoms with Crippen LogP contribution in [0, 0.1) is 0 Å². The second-order valence-corrected chi connectivity index (χ2v) is 6.44. The van der Waals surface area contributed by atoms with Gasteiger partial charge in [0.25, 0.3) is 5.60 Å². The Labute approximate surface area is 173 Å². The van der Waals surface area contributed by atoms with Gasteiger partial charge in [-0.15, -0.1) is 0 Å². The molecule has 0 atom stereocenters. The summed E-state index contributed by atoms with van der Waals surface area (Å²) in [7, 11) is 0.916. The largest absolute Gasteiger partial charge is 0.457 e. The van der Waals surface area contributed by atoms with Crippen LogP contribution in [0.1, 0.15) is 35.0 Å². The highest BCUT2D eigenvalue weighted by Crippen LogP contribution is 2.53. The van der Waals surface area contributed by atoms with Crippen LogP contribution >= 0.6 is 0 Å². The predicted molar refractivity (Wildman–Crippen MR) is 96.9 cm³/mol. The van der Waals surface area contributed by atoms with Crippen LogP contribution in [0.15, 0.2) is 36.5 Å². The van der Waals surface area contributed by atoms with Crippen molar-refractivity contribution in [2.24, 2.45) is 0 Å². The molecule has 0 aliphatic rings. The van der Waals surface area contributed by atoms with Crippen LogP contribution in [-0.4, -0.2) is 37.5 Å². The number of alkyl halides is 6. The van der Waals surface area contributed by atoms with Crippen LogP contribution in [-0.2, 0) is 21.5 Å². The Morgan fingerprint density at radius 3 is 2.26 bits per heavy atom. The highest BCUT2D eigenvalue weighted by molar-refractivity contribution is 5.72. The van der Waals surface area contributed by atoms with E-state index in [9.17, 15) is 31.1 Å². The zero-order valence-corrected chi connectivity index (χ0v) is 16.5. The topological polar surface area (TPSA) is 57.6 Å². The van der Waals surface area contributed by atoms with Crippen molar-refractivity contribution in [3.05, 3.63) is 53.3 Å². The summed E-state index contributed by atoms with van der Waals surface area (Å²) in [6.45, 7) is 0.474. The first kappa shape index (κ1) is 24.6. The maximum absolute atomic E-state index is 13.8. The van der Waals surface area contributed by atoms with Crippen LogP contribution in [0.3, 0.4) is 0 Å². The minimum Gasteiger partial charge on any atom is -0.457 e. The van der Waals surface area contributed by atoms with Gasteiger partial charge in [0, 0.05) is 24.9 Å². The number of hydrogen-bond donors (Lipinski definition) is 0. The van der Waals surface area contributed by atoms with Gasteiger partial charge in [-0.3, -0.25) is 9.78 Å². The van der Waals surface area contributed by atoms with Crippen LogP contribution in [0.2, 0.25) is 0 Å². The number of benzene rings is 1. The van der Waals surface area contributed by atoms with E-state index >= 15 is 0 Å². The van der Waals surface area contributed by atoms with E-state index in [0.29, 0.717) is 18.8 Å². The molecule has 1 heterocycles. The Bertz CT molecular complexity index is 884. The number of rotatable bonds is 9. The summed E-state index contributed by atoms with van der Waals surface area (Å²) in [6.07, 6.45) is -9.34. The lowest BCUT2D eigenvalue weighted by Crippen LogP contribution is -2.56. The summed E-state index contributed by atoms with van der Waals surface area (Å²) in [4.78, 5) is 14.6. The quantitative estimate of drug-likeness (QED) is 0.283. The Morgan fingerprint density at radius 1 is 1.03 bits per heavy atom. The predicted octanol–water partition coefficient (Wildman–Crippen LogP) is 5.58. The van der Waals surface area contributed by atoms with Crippen molar-refractivity contribution < 1.29 is 45.3 Å². The molecule has 0 fully saturated rings. The van der Waals surface area contributed by atoms with Crippen LogP contribution in [0.4, 0.5) is 26.3 Å². The van der Waals surface area contributed by atoms with Gasteiger partial charge in [-0.1, -0.05) is 19.4 Å².